The van der Waals surface area contributed by atoms with Gasteiger partial charge in [-0.1, -0.05) is 52.4 Å². The van der Waals surface area contributed by atoms with Crippen LogP contribution in [0.1, 0.15) is 90.9 Å². The third-order valence-electron chi connectivity index (χ3n) is 3.45. The summed E-state index contributed by atoms with van der Waals surface area (Å²) in [6.07, 6.45) is 11.1. The van der Waals surface area contributed by atoms with Crippen LogP contribution in [-0.4, -0.2) is 35.2 Å². The Balaban J connectivity index is 0. The lowest BCUT2D eigenvalue weighted by Gasteiger charge is -1.99. The first-order valence-corrected chi connectivity index (χ1v) is 9.18. The molecule has 0 saturated carbocycles. The van der Waals surface area contributed by atoms with Crippen molar-refractivity contribution in [3.05, 3.63) is 0 Å². The predicted octanol–water partition coefficient (Wildman–Crippen LogP) is 4.45. The van der Waals surface area contributed by atoms with Crippen LogP contribution in [0.3, 0.4) is 0 Å². The van der Waals surface area contributed by atoms with Gasteiger partial charge in [0.15, 0.2) is 0 Å². The average Bonchev–Trinajstić information content (AvgIpc) is 2.50. The molecule has 0 aromatic carbocycles. The van der Waals surface area contributed by atoms with Crippen LogP contribution in [-0.2, 0) is 9.59 Å². The quantitative estimate of drug-likeness (QED) is 0.386. The van der Waals surface area contributed by atoms with E-state index in [9.17, 15) is 9.59 Å². The van der Waals surface area contributed by atoms with Crippen LogP contribution < -0.4 is 5.32 Å². The number of unbranched alkanes of at least 4 members (excludes halogenated alkanes) is 7. The van der Waals surface area contributed by atoms with Crippen molar-refractivity contribution in [1.29, 1.82) is 0 Å². The monoisotopic (exact) mass is 331 g/mol. The number of rotatable bonds is 15. The molecular weight excluding hydrogens is 294 g/mol. The van der Waals surface area contributed by atoms with Gasteiger partial charge in [0.25, 0.3) is 0 Å². The minimum Gasteiger partial charge on any atom is -0.481 e. The van der Waals surface area contributed by atoms with E-state index in [-0.39, 0.29) is 12.8 Å². The number of carboxylic acids is 2. The number of hydrogen-bond acceptors (Lipinski definition) is 3. The van der Waals surface area contributed by atoms with E-state index in [4.69, 9.17) is 10.2 Å². The standard InChI is InChI=1S/C10H18O4.C8H19N/c11-9(12)7-5-3-1-2-4-6-8-10(13)14;1-3-5-7-9-8-6-4-2/h1-8H2,(H,11,12)(H,13,14);9H,3-8H2,1-2H3. The van der Waals surface area contributed by atoms with Crippen LogP contribution in [0.2, 0.25) is 0 Å². The van der Waals surface area contributed by atoms with E-state index in [1.165, 1.54) is 38.8 Å². The van der Waals surface area contributed by atoms with Crippen molar-refractivity contribution >= 4 is 11.9 Å². The molecule has 0 bridgehead atoms. The van der Waals surface area contributed by atoms with E-state index in [1.54, 1.807) is 0 Å². The normalized spacial score (nSPS) is 10.0. The van der Waals surface area contributed by atoms with Gasteiger partial charge in [0.2, 0.25) is 0 Å². The van der Waals surface area contributed by atoms with Gasteiger partial charge in [-0.2, -0.15) is 0 Å². The Labute approximate surface area is 141 Å². The van der Waals surface area contributed by atoms with Gasteiger partial charge in [-0.3, -0.25) is 9.59 Å². The molecule has 0 aliphatic carbocycles. The molecule has 3 N–H and O–H groups in total. The first-order valence-electron chi connectivity index (χ1n) is 9.18. The second-order valence-corrected chi connectivity index (χ2v) is 5.87. The molecule has 5 nitrogen and oxygen atoms in total. The number of hydrogen-bond donors (Lipinski definition) is 3. The van der Waals surface area contributed by atoms with Crippen molar-refractivity contribution in [3.8, 4) is 0 Å². The zero-order valence-corrected chi connectivity index (χ0v) is 15.1. The minimum absolute atomic E-state index is 0.245. The fourth-order valence-corrected chi connectivity index (χ4v) is 1.99. The number of carboxylic acid groups (broad SMARTS) is 2. The second kappa shape index (κ2) is 20.9. The highest BCUT2D eigenvalue weighted by atomic mass is 16.4. The molecule has 5 heteroatoms. The number of nitrogens with one attached hydrogen (secondary N) is 1. The lowest BCUT2D eigenvalue weighted by Crippen LogP contribution is -2.15. The van der Waals surface area contributed by atoms with Gasteiger partial charge in [-0.15, -0.1) is 0 Å². The van der Waals surface area contributed by atoms with Crippen LogP contribution in [0.5, 0.6) is 0 Å². The molecular formula is C18H37NO4. The SMILES string of the molecule is CCCCNCCCC.O=C(O)CCCCCCCCC(=O)O. The minimum atomic E-state index is -0.740. The van der Waals surface area contributed by atoms with Crippen molar-refractivity contribution in [1.82, 2.24) is 5.32 Å². The summed E-state index contributed by atoms with van der Waals surface area (Å²) in [5, 5.41) is 20.1. The molecule has 0 aromatic rings. The third-order valence-corrected chi connectivity index (χ3v) is 3.45. The van der Waals surface area contributed by atoms with E-state index in [0.29, 0.717) is 0 Å². The van der Waals surface area contributed by atoms with Gasteiger partial charge in [0.1, 0.15) is 0 Å². The molecule has 0 rings (SSSR count). The Hall–Kier alpha value is -1.10. The van der Waals surface area contributed by atoms with Gasteiger partial charge >= 0.3 is 11.9 Å². The smallest absolute Gasteiger partial charge is 0.303 e. The van der Waals surface area contributed by atoms with Crippen LogP contribution in [0.15, 0.2) is 0 Å². The number of aliphatic carboxylic acids is 2. The summed E-state index contributed by atoms with van der Waals surface area (Å²) >= 11 is 0. The summed E-state index contributed by atoms with van der Waals surface area (Å²) in [5.41, 5.74) is 0. The first-order chi connectivity index (χ1) is 11.0. The van der Waals surface area contributed by atoms with Gasteiger partial charge in [0, 0.05) is 12.8 Å². The second-order valence-electron chi connectivity index (χ2n) is 5.87. The summed E-state index contributed by atoms with van der Waals surface area (Å²) in [6.45, 7) is 6.86. The molecule has 0 fully saturated rings. The Morgan fingerprint density at radius 3 is 1.30 bits per heavy atom. The highest BCUT2D eigenvalue weighted by molar-refractivity contribution is 5.66. The largest absolute Gasteiger partial charge is 0.481 e. The topological polar surface area (TPSA) is 86.6 Å². The van der Waals surface area contributed by atoms with Crippen LogP contribution >= 0.6 is 0 Å². The van der Waals surface area contributed by atoms with Crippen molar-refractivity contribution in [2.24, 2.45) is 0 Å². The molecule has 0 saturated heterocycles. The zero-order chi connectivity index (χ0) is 17.8. The molecule has 23 heavy (non-hydrogen) atoms. The summed E-state index contributed by atoms with van der Waals surface area (Å²) in [4.78, 5) is 20.3. The molecule has 0 aliphatic rings. The van der Waals surface area contributed by atoms with E-state index in [0.717, 1.165) is 38.5 Å². The molecule has 0 heterocycles. The van der Waals surface area contributed by atoms with Gasteiger partial charge < -0.3 is 15.5 Å². The van der Waals surface area contributed by atoms with Crippen molar-refractivity contribution < 1.29 is 19.8 Å². The molecule has 0 spiro atoms. The van der Waals surface area contributed by atoms with Gasteiger partial charge in [0.05, 0.1) is 0 Å². The van der Waals surface area contributed by atoms with Crippen molar-refractivity contribution in [2.75, 3.05) is 13.1 Å². The van der Waals surface area contributed by atoms with Crippen LogP contribution in [0.25, 0.3) is 0 Å². The first kappa shape index (κ1) is 24.2. The summed E-state index contributed by atoms with van der Waals surface area (Å²) in [7, 11) is 0. The molecule has 0 unspecified atom stereocenters. The van der Waals surface area contributed by atoms with Crippen molar-refractivity contribution in [2.45, 2.75) is 90.9 Å². The van der Waals surface area contributed by atoms with E-state index in [1.807, 2.05) is 0 Å². The Bertz CT molecular complexity index is 244. The average molecular weight is 331 g/mol. The summed E-state index contributed by atoms with van der Waals surface area (Å²) < 4.78 is 0. The van der Waals surface area contributed by atoms with E-state index in [2.05, 4.69) is 19.2 Å². The third kappa shape index (κ3) is 29.5. The summed E-state index contributed by atoms with van der Waals surface area (Å²) in [5.74, 6) is -1.48. The summed E-state index contributed by atoms with van der Waals surface area (Å²) in [6, 6.07) is 0. The Kier molecular flexibility index (Phi) is 22.0. The highest BCUT2D eigenvalue weighted by Gasteiger charge is 1.98. The van der Waals surface area contributed by atoms with Gasteiger partial charge in [-0.05, 0) is 38.8 Å². The fraction of sp³-hybridized carbons (Fsp3) is 0.889. The van der Waals surface area contributed by atoms with Gasteiger partial charge in [-0.25, -0.2) is 0 Å². The maximum atomic E-state index is 10.1. The Morgan fingerprint density at radius 1 is 0.652 bits per heavy atom. The molecule has 0 aromatic heterocycles. The van der Waals surface area contributed by atoms with E-state index >= 15 is 0 Å². The molecule has 0 radical (unpaired) electrons. The van der Waals surface area contributed by atoms with Crippen LogP contribution in [0, 0.1) is 0 Å². The maximum absolute atomic E-state index is 10.1. The highest BCUT2D eigenvalue weighted by Crippen LogP contribution is 2.08. The van der Waals surface area contributed by atoms with Crippen LogP contribution in [0.4, 0.5) is 0 Å². The lowest BCUT2D eigenvalue weighted by atomic mass is 10.1. The maximum Gasteiger partial charge on any atom is 0.303 e. The fourth-order valence-electron chi connectivity index (χ4n) is 1.99. The molecule has 0 aliphatic heterocycles. The predicted molar refractivity (Wildman–Crippen MR) is 94.9 cm³/mol. The zero-order valence-electron chi connectivity index (χ0n) is 15.1. The molecule has 0 atom stereocenters. The Morgan fingerprint density at radius 2 is 1.00 bits per heavy atom. The van der Waals surface area contributed by atoms with Crippen molar-refractivity contribution in [3.63, 3.8) is 0 Å². The van der Waals surface area contributed by atoms with E-state index < -0.39 is 11.9 Å². The lowest BCUT2D eigenvalue weighted by molar-refractivity contribution is -0.138. The molecule has 0 amide bonds. The molecule has 138 valence electrons. The number of carbonyl (C=O) groups is 2.